The molecule has 86 valence electrons. The van der Waals surface area contributed by atoms with Crippen molar-refractivity contribution in [3.05, 3.63) is 0 Å². The molecule has 15 heavy (non-hydrogen) atoms. The zero-order chi connectivity index (χ0) is 10.7. The Morgan fingerprint density at radius 1 is 1.07 bits per heavy atom. The van der Waals surface area contributed by atoms with Crippen molar-refractivity contribution in [3.8, 4) is 0 Å². The molecule has 0 aromatic heterocycles. The molecule has 3 aliphatic rings. The lowest BCUT2D eigenvalue weighted by Crippen LogP contribution is -2.31. The van der Waals surface area contributed by atoms with Crippen molar-refractivity contribution in [2.75, 3.05) is 0 Å². The lowest BCUT2D eigenvalue weighted by Gasteiger charge is -2.34. The van der Waals surface area contributed by atoms with Crippen molar-refractivity contribution >= 4 is 11.6 Å². The molecule has 7 atom stereocenters. The normalized spacial score (nSPS) is 57.8. The number of fused-ring (bicyclic) bond motifs is 5. The molecule has 0 aliphatic heterocycles. The van der Waals surface area contributed by atoms with Crippen LogP contribution in [-0.4, -0.2) is 5.38 Å². The first-order valence-electron chi connectivity index (χ1n) is 6.73. The monoisotopic (exact) mass is 226 g/mol. The third-order valence-electron chi connectivity index (χ3n) is 5.70. The van der Waals surface area contributed by atoms with E-state index in [4.69, 9.17) is 11.6 Å². The summed E-state index contributed by atoms with van der Waals surface area (Å²) >= 11 is 6.49. The Hall–Kier alpha value is 0.290. The topological polar surface area (TPSA) is 0 Å². The minimum Gasteiger partial charge on any atom is -0.123 e. The largest absolute Gasteiger partial charge is 0.123 e. The van der Waals surface area contributed by atoms with E-state index >= 15 is 0 Å². The van der Waals surface area contributed by atoms with Gasteiger partial charge in [0.1, 0.15) is 0 Å². The predicted octanol–water partition coefficient (Wildman–Crippen LogP) is 4.18. The van der Waals surface area contributed by atoms with Gasteiger partial charge in [-0.25, -0.2) is 0 Å². The average Bonchev–Trinajstić information content (AvgIpc) is 2.75. The maximum atomic E-state index is 6.49. The molecule has 3 rings (SSSR count). The van der Waals surface area contributed by atoms with Crippen LogP contribution in [0.5, 0.6) is 0 Å². The van der Waals surface area contributed by atoms with E-state index in [1.165, 1.54) is 19.3 Å². The molecular weight excluding hydrogens is 204 g/mol. The van der Waals surface area contributed by atoms with Crippen LogP contribution in [0.15, 0.2) is 0 Å². The molecule has 0 saturated heterocycles. The van der Waals surface area contributed by atoms with Crippen molar-refractivity contribution in [1.82, 2.24) is 0 Å². The van der Waals surface area contributed by atoms with Crippen molar-refractivity contribution < 1.29 is 0 Å². The molecule has 7 unspecified atom stereocenters. The van der Waals surface area contributed by atoms with Gasteiger partial charge in [-0.2, -0.15) is 0 Å². The molecule has 3 saturated carbocycles. The molecule has 2 bridgehead atoms. The van der Waals surface area contributed by atoms with Crippen molar-refractivity contribution in [2.24, 2.45) is 41.4 Å². The maximum absolute atomic E-state index is 6.49. The van der Waals surface area contributed by atoms with Gasteiger partial charge in [0.2, 0.25) is 0 Å². The predicted molar refractivity (Wildman–Crippen MR) is 64.9 cm³/mol. The van der Waals surface area contributed by atoms with Crippen LogP contribution in [0.2, 0.25) is 0 Å². The van der Waals surface area contributed by atoms with Gasteiger partial charge in [0.05, 0.1) is 0 Å². The molecule has 0 N–H and O–H groups in total. The highest BCUT2D eigenvalue weighted by Gasteiger charge is 2.59. The fraction of sp³-hybridized carbons (Fsp3) is 1.00. The maximum Gasteiger partial charge on any atom is 0.0370 e. The highest BCUT2D eigenvalue weighted by atomic mass is 35.5. The zero-order valence-corrected chi connectivity index (χ0v) is 10.9. The van der Waals surface area contributed by atoms with Crippen LogP contribution in [0.1, 0.15) is 40.0 Å². The van der Waals surface area contributed by atoms with E-state index in [0.717, 1.165) is 41.4 Å². The second-order valence-electron chi connectivity index (χ2n) is 6.69. The van der Waals surface area contributed by atoms with Gasteiger partial charge < -0.3 is 0 Å². The minimum atomic E-state index is 0.516. The van der Waals surface area contributed by atoms with E-state index in [1.54, 1.807) is 0 Å². The fourth-order valence-electron chi connectivity index (χ4n) is 5.28. The van der Waals surface area contributed by atoms with Crippen LogP contribution in [0.3, 0.4) is 0 Å². The number of rotatable bonds is 1. The van der Waals surface area contributed by atoms with Crippen LogP contribution in [0, 0.1) is 41.4 Å². The molecule has 0 heterocycles. The highest BCUT2D eigenvalue weighted by Crippen LogP contribution is 2.64. The lowest BCUT2D eigenvalue weighted by molar-refractivity contribution is 0.172. The first-order chi connectivity index (χ1) is 7.09. The van der Waals surface area contributed by atoms with Crippen LogP contribution in [-0.2, 0) is 0 Å². The molecule has 3 aliphatic carbocycles. The first-order valence-corrected chi connectivity index (χ1v) is 7.17. The van der Waals surface area contributed by atoms with Crippen molar-refractivity contribution in [3.63, 3.8) is 0 Å². The van der Waals surface area contributed by atoms with Crippen LogP contribution < -0.4 is 0 Å². The zero-order valence-electron chi connectivity index (χ0n) is 10.1. The highest BCUT2D eigenvalue weighted by molar-refractivity contribution is 6.21. The summed E-state index contributed by atoms with van der Waals surface area (Å²) in [5, 5.41) is 0.516. The van der Waals surface area contributed by atoms with Gasteiger partial charge in [-0.15, -0.1) is 11.6 Å². The summed E-state index contributed by atoms with van der Waals surface area (Å²) in [5.74, 6) is 6.70. The Balaban J connectivity index is 1.89. The minimum absolute atomic E-state index is 0.516. The fourth-order valence-corrected chi connectivity index (χ4v) is 5.78. The summed E-state index contributed by atoms with van der Waals surface area (Å²) in [5.41, 5.74) is 0. The quantitative estimate of drug-likeness (QED) is 0.589. The Kier molecular flexibility index (Phi) is 2.36. The SMILES string of the molecule is CC(C)C1CC(C)C2C3CC(Cl)C(C3)C12. The number of hydrogen-bond acceptors (Lipinski definition) is 0. The molecular formula is C14H23Cl. The van der Waals surface area contributed by atoms with Crippen LogP contribution >= 0.6 is 11.6 Å². The van der Waals surface area contributed by atoms with E-state index in [2.05, 4.69) is 20.8 Å². The van der Waals surface area contributed by atoms with Crippen LogP contribution in [0.4, 0.5) is 0 Å². The summed E-state index contributed by atoms with van der Waals surface area (Å²) in [6, 6.07) is 0. The van der Waals surface area contributed by atoms with E-state index in [9.17, 15) is 0 Å². The summed E-state index contributed by atoms with van der Waals surface area (Å²) < 4.78 is 0. The second kappa shape index (κ2) is 3.39. The summed E-state index contributed by atoms with van der Waals surface area (Å²) in [4.78, 5) is 0. The van der Waals surface area contributed by atoms with E-state index in [0.29, 0.717) is 5.38 Å². The Bertz CT molecular complexity index is 260. The van der Waals surface area contributed by atoms with Gasteiger partial charge >= 0.3 is 0 Å². The molecule has 0 aromatic carbocycles. The number of hydrogen-bond donors (Lipinski definition) is 0. The van der Waals surface area contributed by atoms with Gasteiger partial charge in [0.15, 0.2) is 0 Å². The number of halogens is 1. The molecule has 0 spiro atoms. The van der Waals surface area contributed by atoms with Gasteiger partial charge in [-0.3, -0.25) is 0 Å². The molecule has 0 nitrogen and oxygen atoms in total. The molecule has 0 aromatic rings. The Labute approximate surface area is 98.8 Å². The summed E-state index contributed by atoms with van der Waals surface area (Å²) in [7, 11) is 0. The summed E-state index contributed by atoms with van der Waals surface area (Å²) in [6.07, 6.45) is 4.25. The Morgan fingerprint density at radius 2 is 1.80 bits per heavy atom. The standard InChI is InChI=1S/C14H23Cl/c1-7(2)10-4-8(3)13-9-5-11(14(10)13)12(15)6-9/h7-14H,4-6H2,1-3H3. The average molecular weight is 227 g/mol. The molecule has 0 amide bonds. The second-order valence-corrected chi connectivity index (χ2v) is 7.25. The smallest absolute Gasteiger partial charge is 0.0370 e. The first kappa shape index (κ1) is 10.4. The summed E-state index contributed by atoms with van der Waals surface area (Å²) in [6.45, 7) is 7.31. The Morgan fingerprint density at radius 3 is 2.47 bits per heavy atom. The molecule has 1 heteroatoms. The van der Waals surface area contributed by atoms with E-state index in [-0.39, 0.29) is 0 Å². The molecule has 0 radical (unpaired) electrons. The van der Waals surface area contributed by atoms with Gasteiger partial charge in [-0.1, -0.05) is 20.8 Å². The van der Waals surface area contributed by atoms with Gasteiger partial charge in [0, 0.05) is 5.38 Å². The van der Waals surface area contributed by atoms with Gasteiger partial charge in [0.25, 0.3) is 0 Å². The number of alkyl halides is 1. The molecule has 3 fully saturated rings. The lowest BCUT2D eigenvalue weighted by atomic mass is 9.73. The van der Waals surface area contributed by atoms with Gasteiger partial charge in [-0.05, 0) is 60.7 Å². The van der Waals surface area contributed by atoms with Crippen molar-refractivity contribution in [1.29, 1.82) is 0 Å². The van der Waals surface area contributed by atoms with E-state index in [1.807, 2.05) is 0 Å². The third-order valence-corrected chi connectivity index (χ3v) is 6.20. The van der Waals surface area contributed by atoms with Crippen molar-refractivity contribution in [2.45, 2.75) is 45.4 Å². The third kappa shape index (κ3) is 1.33. The van der Waals surface area contributed by atoms with Crippen LogP contribution in [0.25, 0.3) is 0 Å². The van der Waals surface area contributed by atoms with E-state index < -0.39 is 0 Å².